The van der Waals surface area contributed by atoms with Gasteiger partial charge < -0.3 is 10.5 Å². The molecule has 62 valence electrons. The van der Waals surface area contributed by atoms with E-state index in [1.165, 1.54) is 6.21 Å². The third-order valence-electron chi connectivity index (χ3n) is 1.47. The maximum atomic E-state index is 9.07. The standard InChI is InChI=1S/C9H10N2O/c1-7-6-8(12)2-3-9(7)11-5-4-10/h2-6,10,12H,1H3. The third kappa shape index (κ3) is 1.92. The summed E-state index contributed by atoms with van der Waals surface area (Å²) >= 11 is 0. The molecule has 2 N–H and O–H groups in total. The Bertz CT molecular complexity index is 318. The van der Waals surface area contributed by atoms with Crippen molar-refractivity contribution in [2.24, 2.45) is 4.99 Å². The summed E-state index contributed by atoms with van der Waals surface area (Å²) in [5.74, 6) is 0.237. The molecule has 1 rings (SSSR count). The summed E-state index contributed by atoms with van der Waals surface area (Å²) in [6, 6.07) is 4.92. The molecule has 1 aromatic rings. The molecule has 1 aromatic carbocycles. The highest BCUT2D eigenvalue weighted by atomic mass is 16.3. The predicted octanol–water partition coefficient (Wildman–Crippen LogP) is 2.05. The summed E-state index contributed by atoms with van der Waals surface area (Å²) in [4.78, 5) is 3.99. The molecule has 0 bridgehead atoms. The van der Waals surface area contributed by atoms with Gasteiger partial charge in [-0.1, -0.05) is 0 Å². The maximum Gasteiger partial charge on any atom is 0.115 e. The van der Waals surface area contributed by atoms with Crippen LogP contribution in [-0.2, 0) is 0 Å². The highest BCUT2D eigenvalue weighted by Crippen LogP contribution is 2.21. The van der Waals surface area contributed by atoms with Gasteiger partial charge >= 0.3 is 0 Å². The normalized spacial score (nSPS) is 10.4. The molecule has 0 aliphatic carbocycles. The summed E-state index contributed by atoms with van der Waals surface area (Å²) in [6.45, 7) is 1.86. The van der Waals surface area contributed by atoms with E-state index in [1.54, 1.807) is 18.2 Å². The zero-order valence-corrected chi connectivity index (χ0v) is 6.78. The lowest BCUT2D eigenvalue weighted by Gasteiger charge is -1.98. The quantitative estimate of drug-likeness (QED) is 0.642. The fourth-order valence-electron chi connectivity index (χ4n) is 0.902. The van der Waals surface area contributed by atoms with Gasteiger partial charge in [-0.25, -0.2) is 0 Å². The van der Waals surface area contributed by atoms with Crippen LogP contribution in [0.15, 0.2) is 23.2 Å². The average molecular weight is 162 g/mol. The van der Waals surface area contributed by atoms with Gasteiger partial charge in [0.2, 0.25) is 0 Å². The fourth-order valence-corrected chi connectivity index (χ4v) is 0.902. The Hall–Kier alpha value is -1.64. The van der Waals surface area contributed by atoms with E-state index in [2.05, 4.69) is 4.99 Å². The highest BCUT2D eigenvalue weighted by molar-refractivity contribution is 6.15. The van der Waals surface area contributed by atoms with Gasteiger partial charge in [0.05, 0.1) is 5.69 Å². The number of aliphatic imine (C=N–C) groups is 1. The van der Waals surface area contributed by atoms with Crippen LogP contribution >= 0.6 is 0 Å². The van der Waals surface area contributed by atoms with Crippen molar-refractivity contribution in [1.29, 1.82) is 5.41 Å². The first kappa shape index (κ1) is 8.46. The number of hydrogen-bond acceptors (Lipinski definition) is 3. The van der Waals surface area contributed by atoms with Crippen LogP contribution in [0.5, 0.6) is 5.75 Å². The molecule has 0 aliphatic rings. The minimum atomic E-state index is 0.237. The van der Waals surface area contributed by atoms with Crippen LogP contribution in [0.3, 0.4) is 0 Å². The number of rotatable bonds is 2. The first-order valence-corrected chi connectivity index (χ1v) is 3.57. The molecular formula is C9H10N2O. The number of phenols is 1. The van der Waals surface area contributed by atoms with Gasteiger partial charge in [-0.3, -0.25) is 4.99 Å². The zero-order chi connectivity index (χ0) is 8.97. The van der Waals surface area contributed by atoms with E-state index in [9.17, 15) is 0 Å². The van der Waals surface area contributed by atoms with Gasteiger partial charge in [0.15, 0.2) is 0 Å². The average Bonchev–Trinajstić information content (AvgIpc) is 2.03. The Kier molecular flexibility index (Phi) is 2.58. The molecule has 0 atom stereocenters. The van der Waals surface area contributed by atoms with Crippen molar-refractivity contribution < 1.29 is 5.11 Å². The van der Waals surface area contributed by atoms with E-state index in [1.807, 2.05) is 6.92 Å². The molecule has 0 fully saturated rings. The van der Waals surface area contributed by atoms with Crippen molar-refractivity contribution in [2.75, 3.05) is 0 Å². The number of nitrogens with zero attached hydrogens (tertiary/aromatic N) is 1. The molecule has 0 aromatic heterocycles. The SMILES string of the molecule is Cc1cc(O)ccc1N=CC=N. The van der Waals surface area contributed by atoms with Crippen LogP contribution in [-0.4, -0.2) is 17.5 Å². The molecule has 0 radical (unpaired) electrons. The van der Waals surface area contributed by atoms with E-state index in [4.69, 9.17) is 10.5 Å². The molecule has 0 saturated carbocycles. The second-order valence-electron chi connectivity index (χ2n) is 2.42. The Morgan fingerprint density at radius 3 is 2.83 bits per heavy atom. The van der Waals surface area contributed by atoms with E-state index < -0.39 is 0 Å². The maximum absolute atomic E-state index is 9.07. The van der Waals surface area contributed by atoms with Gasteiger partial charge in [0.1, 0.15) is 5.75 Å². The minimum Gasteiger partial charge on any atom is -0.508 e. The lowest BCUT2D eigenvalue weighted by molar-refractivity contribution is 0.475. The van der Waals surface area contributed by atoms with Crippen molar-refractivity contribution in [2.45, 2.75) is 6.92 Å². The van der Waals surface area contributed by atoms with Gasteiger partial charge in [0.25, 0.3) is 0 Å². The van der Waals surface area contributed by atoms with Crippen LogP contribution in [0.2, 0.25) is 0 Å². The first-order chi connectivity index (χ1) is 5.74. The van der Waals surface area contributed by atoms with Crippen molar-refractivity contribution in [3.05, 3.63) is 23.8 Å². The lowest BCUT2D eigenvalue weighted by atomic mass is 10.2. The Morgan fingerprint density at radius 2 is 2.25 bits per heavy atom. The van der Waals surface area contributed by atoms with Crippen LogP contribution < -0.4 is 0 Å². The summed E-state index contributed by atoms with van der Waals surface area (Å²) in [5, 5.41) is 15.8. The summed E-state index contributed by atoms with van der Waals surface area (Å²) in [7, 11) is 0. The number of benzene rings is 1. The summed E-state index contributed by atoms with van der Waals surface area (Å²) in [6.07, 6.45) is 2.52. The second-order valence-corrected chi connectivity index (χ2v) is 2.42. The van der Waals surface area contributed by atoms with Crippen LogP contribution in [0.4, 0.5) is 5.69 Å². The predicted molar refractivity (Wildman–Crippen MR) is 49.8 cm³/mol. The third-order valence-corrected chi connectivity index (χ3v) is 1.47. The zero-order valence-electron chi connectivity index (χ0n) is 6.78. The molecule has 3 nitrogen and oxygen atoms in total. The Morgan fingerprint density at radius 1 is 1.50 bits per heavy atom. The van der Waals surface area contributed by atoms with Gasteiger partial charge in [-0.2, -0.15) is 0 Å². The minimum absolute atomic E-state index is 0.237. The second kappa shape index (κ2) is 3.67. The van der Waals surface area contributed by atoms with Crippen molar-refractivity contribution in [3.63, 3.8) is 0 Å². The Labute approximate surface area is 70.9 Å². The van der Waals surface area contributed by atoms with Gasteiger partial charge in [0, 0.05) is 12.4 Å². The monoisotopic (exact) mass is 162 g/mol. The largest absolute Gasteiger partial charge is 0.508 e. The molecule has 12 heavy (non-hydrogen) atoms. The Balaban J connectivity index is 3.01. The van der Waals surface area contributed by atoms with Crippen LogP contribution in [0.25, 0.3) is 0 Å². The van der Waals surface area contributed by atoms with Crippen molar-refractivity contribution >= 4 is 18.1 Å². The molecule has 3 heteroatoms. The molecule has 0 saturated heterocycles. The summed E-state index contributed by atoms with van der Waals surface area (Å²) < 4.78 is 0. The van der Waals surface area contributed by atoms with E-state index >= 15 is 0 Å². The van der Waals surface area contributed by atoms with Crippen molar-refractivity contribution in [1.82, 2.24) is 0 Å². The number of nitrogens with one attached hydrogen (secondary N) is 1. The number of aryl methyl sites for hydroxylation is 1. The van der Waals surface area contributed by atoms with Crippen LogP contribution in [0.1, 0.15) is 5.56 Å². The smallest absolute Gasteiger partial charge is 0.115 e. The van der Waals surface area contributed by atoms with Crippen LogP contribution in [0, 0.1) is 12.3 Å². The lowest BCUT2D eigenvalue weighted by Crippen LogP contribution is -1.76. The number of aromatic hydroxyl groups is 1. The molecule has 0 heterocycles. The topological polar surface area (TPSA) is 56.4 Å². The van der Waals surface area contributed by atoms with Crippen molar-refractivity contribution in [3.8, 4) is 5.75 Å². The molecule has 0 aliphatic heterocycles. The molecule has 0 amide bonds. The summed E-state index contributed by atoms with van der Waals surface area (Å²) in [5.41, 5.74) is 1.67. The molecule has 0 unspecified atom stereocenters. The number of phenolic OH excluding ortho intramolecular Hbond substituents is 1. The fraction of sp³-hybridized carbons (Fsp3) is 0.111. The van der Waals surface area contributed by atoms with Gasteiger partial charge in [-0.05, 0) is 30.7 Å². The van der Waals surface area contributed by atoms with Gasteiger partial charge in [-0.15, -0.1) is 0 Å². The molecule has 0 spiro atoms. The number of hydrogen-bond donors (Lipinski definition) is 2. The first-order valence-electron chi connectivity index (χ1n) is 3.57. The molecular weight excluding hydrogens is 152 g/mol. The van der Waals surface area contributed by atoms with E-state index in [-0.39, 0.29) is 5.75 Å². The van der Waals surface area contributed by atoms with E-state index in [0.29, 0.717) is 0 Å². The van der Waals surface area contributed by atoms with E-state index in [0.717, 1.165) is 17.5 Å². The highest BCUT2D eigenvalue weighted by Gasteiger charge is 1.95.